The van der Waals surface area contributed by atoms with E-state index in [0.717, 1.165) is 4.88 Å². The number of halogens is 1. The summed E-state index contributed by atoms with van der Waals surface area (Å²) in [4.78, 5) is 45.7. The highest BCUT2D eigenvalue weighted by Gasteiger charge is 2.40. The zero-order valence-electron chi connectivity index (χ0n) is 20.7. The summed E-state index contributed by atoms with van der Waals surface area (Å²) < 4.78 is 5.44. The maximum absolute atomic E-state index is 13.3. The molecular formula is C26H31ClN4O4S. The Balaban J connectivity index is 1.65. The molecule has 1 fully saturated rings. The average Bonchev–Trinajstić information content (AvgIpc) is 3.39. The minimum absolute atomic E-state index is 0.0214. The molecular weight excluding hydrogens is 500 g/mol. The number of urea groups is 1. The summed E-state index contributed by atoms with van der Waals surface area (Å²) in [5, 5.41) is 5.32. The van der Waals surface area contributed by atoms with E-state index >= 15 is 0 Å². The summed E-state index contributed by atoms with van der Waals surface area (Å²) in [6, 6.07) is 9.88. The van der Waals surface area contributed by atoms with Crippen LogP contribution < -0.4 is 5.32 Å². The van der Waals surface area contributed by atoms with Crippen molar-refractivity contribution in [3.05, 3.63) is 68.5 Å². The second kappa shape index (κ2) is 11.5. The van der Waals surface area contributed by atoms with E-state index < -0.39 is 12.0 Å². The van der Waals surface area contributed by atoms with Crippen molar-refractivity contribution in [3.8, 4) is 0 Å². The number of likely N-dealkylation sites (N-methyl/N-ethyl adjacent to an activating group) is 1. The van der Waals surface area contributed by atoms with Gasteiger partial charge in [0.2, 0.25) is 0 Å². The average molecular weight is 531 g/mol. The van der Waals surface area contributed by atoms with Crippen LogP contribution in [-0.4, -0.2) is 78.0 Å². The molecule has 2 atom stereocenters. The molecule has 8 nitrogen and oxygen atoms in total. The summed E-state index contributed by atoms with van der Waals surface area (Å²) in [6.45, 7) is 8.44. The molecule has 1 N–H and O–H groups in total. The second-order valence-corrected chi connectivity index (χ2v) is 10.1. The van der Waals surface area contributed by atoms with Crippen LogP contribution in [0.4, 0.5) is 4.79 Å². The Hall–Kier alpha value is -2.88. The maximum atomic E-state index is 13.3. The van der Waals surface area contributed by atoms with Gasteiger partial charge in [-0.25, -0.2) is 9.59 Å². The van der Waals surface area contributed by atoms with Gasteiger partial charge in [-0.2, -0.15) is 0 Å². The summed E-state index contributed by atoms with van der Waals surface area (Å²) >= 11 is 7.92. The fourth-order valence-corrected chi connectivity index (χ4v) is 5.76. The first kappa shape index (κ1) is 26.2. The molecule has 2 aromatic rings. The standard InChI is InChI=1S/C26H31ClN4O4S/c1-4-30-20(16-29-12-13-31(17(3)15-29)24(32)21-11-8-14-36-21)22(25(33)35-5-2)23(28-26(30)34)18-9-6-7-10-19(18)27/h6-11,14,17,23H,4-5,12-13,15-16H2,1-3H3,(H,28,34)/t17-,23+/m1/s1. The van der Waals surface area contributed by atoms with Crippen LogP contribution in [0, 0.1) is 0 Å². The number of benzene rings is 1. The topological polar surface area (TPSA) is 82.2 Å². The van der Waals surface area contributed by atoms with Crippen molar-refractivity contribution in [2.75, 3.05) is 39.3 Å². The number of carbonyl (C=O) groups excluding carboxylic acids is 3. The zero-order chi connectivity index (χ0) is 25.8. The van der Waals surface area contributed by atoms with Crippen LogP contribution in [-0.2, 0) is 9.53 Å². The molecule has 0 radical (unpaired) electrons. The number of esters is 1. The molecule has 4 rings (SSSR count). The molecule has 1 aromatic carbocycles. The number of ether oxygens (including phenoxy) is 1. The van der Waals surface area contributed by atoms with Gasteiger partial charge in [0.15, 0.2) is 0 Å². The van der Waals surface area contributed by atoms with Crippen molar-refractivity contribution in [3.63, 3.8) is 0 Å². The highest BCUT2D eigenvalue weighted by atomic mass is 35.5. The van der Waals surface area contributed by atoms with Crippen molar-refractivity contribution < 1.29 is 19.1 Å². The molecule has 10 heteroatoms. The number of hydrogen-bond acceptors (Lipinski definition) is 6. The van der Waals surface area contributed by atoms with E-state index in [0.29, 0.717) is 54.6 Å². The van der Waals surface area contributed by atoms with Gasteiger partial charge in [0.25, 0.3) is 5.91 Å². The van der Waals surface area contributed by atoms with E-state index in [9.17, 15) is 14.4 Å². The van der Waals surface area contributed by atoms with Crippen LogP contribution in [0.2, 0.25) is 5.02 Å². The minimum atomic E-state index is -0.720. The number of piperazine rings is 1. The normalized spacial score (nSPS) is 20.9. The van der Waals surface area contributed by atoms with Gasteiger partial charge >= 0.3 is 12.0 Å². The number of nitrogens with one attached hydrogen (secondary N) is 1. The molecule has 0 unspecified atom stereocenters. The number of thiophene rings is 1. The second-order valence-electron chi connectivity index (χ2n) is 8.79. The Morgan fingerprint density at radius 2 is 1.94 bits per heavy atom. The minimum Gasteiger partial charge on any atom is -0.463 e. The lowest BCUT2D eigenvalue weighted by atomic mass is 9.94. The van der Waals surface area contributed by atoms with Crippen LogP contribution in [0.1, 0.15) is 42.0 Å². The largest absolute Gasteiger partial charge is 0.463 e. The van der Waals surface area contributed by atoms with E-state index in [-0.39, 0.29) is 24.6 Å². The summed E-state index contributed by atoms with van der Waals surface area (Å²) in [5.74, 6) is -0.440. The van der Waals surface area contributed by atoms with Crippen molar-refractivity contribution >= 4 is 40.8 Å². The van der Waals surface area contributed by atoms with Crippen molar-refractivity contribution in [1.82, 2.24) is 20.0 Å². The Kier molecular flexibility index (Phi) is 8.33. The molecule has 0 bridgehead atoms. The fourth-order valence-electron chi connectivity index (χ4n) is 4.83. The maximum Gasteiger partial charge on any atom is 0.338 e. The molecule has 2 aliphatic heterocycles. The summed E-state index contributed by atoms with van der Waals surface area (Å²) in [6.07, 6.45) is 0. The van der Waals surface area contributed by atoms with Crippen molar-refractivity contribution in [2.45, 2.75) is 32.9 Å². The third-order valence-corrected chi connectivity index (χ3v) is 7.75. The Morgan fingerprint density at radius 1 is 1.17 bits per heavy atom. The molecule has 36 heavy (non-hydrogen) atoms. The van der Waals surface area contributed by atoms with Crippen molar-refractivity contribution in [2.24, 2.45) is 0 Å². The Bertz CT molecular complexity index is 1150. The van der Waals surface area contributed by atoms with Crippen molar-refractivity contribution in [1.29, 1.82) is 0 Å². The summed E-state index contributed by atoms with van der Waals surface area (Å²) in [5.41, 5.74) is 1.63. The third kappa shape index (κ3) is 5.28. The van der Waals surface area contributed by atoms with Gasteiger partial charge < -0.3 is 15.0 Å². The predicted molar refractivity (Wildman–Crippen MR) is 140 cm³/mol. The number of nitrogens with zero attached hydrogens (tertiary/aromatic N) is 3. The van der Waals surface area contributed by atoms with E-state index in [4.69, 9.17) is 16.3 Å². The molecule has 0 spiro atoms. The highest BCUT2D eigenvalue weighted by molar-refractivity contribution is 7.12. The lowest BCUT2D eigenvalue weighted by Crippen LogP contribution is -2.56. The number of hydrogen-bond donors (Lipinski definition) is 1. The third-order valence-electron chi connectivity index (χ3n) is 6.54. The van der Waals surface area contributed by atoms with Crippen LogP contribution in [0.5, 0.6) is 0 Å². The molecule has 0 aliphatic carbocycles. The van der Waals surface area contributed by atoms with Crippen LogP contribution in [0.3, 0.4) is 0 Å². The van der Waals surface area contributed by atoms with E-state index in [1.165, 1.54) is 11.3 Å². The summed E-state index contributed by atoms with van der Waals surface area (Å²) in [7, 11) is 0. The molecule has 3 amide bonds. The highest BCUT2D eigenvalue weighted by Crippen LogP contribution is 2.35. The lowest BCUT2D eigenvalue weighted by Gasteiger charge is -2.42. The molecule has 1 saturated heterocycles. The zero-order valence-corrected chi connectivity index (χ0v) is 22.3. The first-order valence-electron chi connectivity index (χ1n) is 12.1. The van der Waals surface area contributed by atoms with Crippen LogP contribution in [0.15, 0.2) is 53.0 Å². The number of carbonyl (C=O) groups is 3. The van der Waals surface area contributed by atoms with Crippen LogP contribution in [0.25, 0.3) is 0 Å². The smallest absolute Gasteiger partial charge is 0.338 e. The van der Waals surface area contributed by atoms with Gasteiger partial charge in [0.1, 0.15) is 0 Å². The molecule has 0 saturated carbocycles. The van der Waals surface area contributed by atoms with Gasteiger partial charge in [-0.1, -0.05) is 35.9 Å². The Morgan fingerprint density at radius 3 is 2.58 bits per heavy atom. The predicted octanol–water partition coefficient (Wildman–Crippen LogP) is 4.15. The number of amides is 3. The molecule has 2 aliphatic rings. The van der Waals surface area contributed by atoms with Gasteiger partial charge in [0, 0.05) is 49.5 Å². The number of rotatable bonds is 7. The quantitative estimate of drug-likeness (QED) is 0.544. The Labute approximate surface area is 220 Å². The van der Waals surface area contributed by atoms with E-state index in [2.05, 4.69) is 10.2 Å². The van der Waals surface area contributed by atoms with Gasteiger partial charge in [-0.3, -0.25) is 14.6 Å². The van der Waals surface area contributed by atoms with Gasteiger partial charge in [-0.05, 0) is 43.8 Å². The van der Waals surface area contributed by atoms with Gasteiger partial charge in [-0.15, -0.1) is 11.3 Å². The molecule has 1 aromatic heterocycles. The fraction of sp³-hybridized carbons (Fsp3) is 0.423. The SMILES string of the molecule is CCOC(=O)C1=C(CN2CCN(C(=O)c3cccs3)[C@H](C)C2)N(CC)C(=O)N[C@H]1c1ccccc1Cl. The van der Waals surface area contributed by atoms with E-state index in [1.807, 2.05) is 54.5 Å². The first-order chi connectivity index (χ1) is 17.3. The lowest BCUT2D eigenvalue weighted by molar-refractivity contribution is -0.139. The van der Waals surface area contributed by atoms with E-state index in [1.54, 1.807) is 17.9 Å². The van der Waals surface area contributed by atoms with Crippen LogP contribution >= 0.6 is 22.9 Å². The molecule has 3 heterocycles. The monoisotopic (exact) mass is 530 g/mol. The first-order valence-corrected chi connectivity index (χ1v) is 13.4. The molecule has 192 valence electrons. The van der Waals surface area contributed by atoms with Gasteiger partial charge in [0.05, 0.1) is 23.1 Å².